The van der Waals surface area contributed by atoms with Crippen LogP contribution < -0.4 is 5.32 Å². The summed E-state index contributed by atoms with van der Waals surface area (Å²) in [4.78, 5) is 5.66. The Morgan fingerprint density at radius 2 is 1.54 bits per heavy atom. The van der Waals surface area contributed by atoms with E-state index in [0.717, 1.165) is 37.0 Å². The van der Waals surface area contributed by atoms with Gasteiger partial charge in [-0.3, -0.25) is 0 Å². The Balaban J connectivity index is 0.000000708. The van der Waals surface area contributed by atoms with Crippen LogP contribution in [0.3, 0.4) is 0 Å². The van der Waals surface area contributed by atoms with E-state index in [0.29, 0.717) is 0 Å². The van der Waals surface area contributed by atoms with Crippen LogP contribution in [-0.4, -0.2) is 42.3 Å². The van der Waals surface area contributed by atoms with E-state index in [2.05, 4.69) is 54.7 Å². The number of allylic oxidation sites excluding steroid dienone is 1. The molecule has 4 nitrogen and oxygen atoms in total. The molecule has 0 bridgehead atoms. The SMILES string of the molecule is C=C(CCc1c(C)cc(C)cc1C)NCCN1CCCCC1.CC.CC.CC.N=Cc1ccc2cc[nH]c2c1. The first-order valence-corrected chi connectivity index (χ1v) is 15.2. The van der Waals surface area contributed by atoms with Gasteiger partial charge in [-0.05, 0) is 99.3 Å². The lowest BCUT2D eigenvalue weighted by atomic mass is 9.96. The molecule has 2 heterocycles. The molecule has 1 aliphatic heterocycles. The van der Waals surface area contributed by atoms with Crippen molar-refractivity contribution < 1.29 is 0 Å². The maximum absolute atomic E-state index is 7.03. The van der Waals surface area contributed by atoms with Crippen LogP contribution in [0.25, 0.3) is 10.9 Å². The summed E-state index contributed by atoms with van der Waals surface area (Å²) in [6.45, 7) is 27.6. The second-order valence-electron chi connectivity index (χ2n) is 9.28. The van der Waals surface area contributed by atoms with Gasteiger partial charge in [-0.25, -0.2) is 0 Å². The smallest absolute Gasteiger partial charge is 0.0460 e. The van der Waals surface area contributed by atoms with Gasteiger partial charge in [-0.2, -0.15) is 0 Å². The quantitative estimate of drug-likeness (QED) is 0.252. The number of aromatic nitrogens is 1. The van der Waals surface area contributed by atoms with Crippen LogP contribution in [0, 0.1) is 26.2 Å². The molecule has 39 heavy (non-hydrogen) atoms. The molecular formula is C35H58N4. The molecule has 1 aliphatic rings. The number of likely N-dealkylation sites (tertiary alicyclic amines) is 1. The monoisotopic (exact) mass is 534 g/mol. The van der Waals surface area contributed by atoms with Crippen LogP contribution in [0.2, 0.25) is 0 Å². The first-order valence-electron chi connectivity index (χ1n) is 15.2. The molecule has 4 rings (SSSR count). The number of piperidine rings is 1. The lowest BCUT2D eigenvalue weighted by Gasteiger charge is -2.26. The van der Waals surface area contributed by atoms with Crippen LogP contribution >= 0.6 is 0 Å². The summed E-state index contributed by atoms with van der Waals surface area (Å²) in [5, 5.41) is 11.7. The third kappa shape index (κ3) is 13.7. The number of aryl methyl sites for hydroxylation is 3. The van der Waals surface area contributed by atoms with Crippen LogP contribution in [0.4, 0.5) is 0 Å². The molecule has 3 N–H and O–H groups in total. The summed E-state index contributed by atoms with van der Waals surface area (Å²) in [5.74, 6) is 0. The Morgan fingerprint density at radius 3 is 2.13 bits per heavy atom. The molecule has 2 aromatic carbocycles. The maximum atomic E-state index is 7.03. The van der Waals surface area contributed by atoms with Crippen molar-refractivity contribution in [1.82, 2.24) is 15.2 Å². The summed E-state index contributed by atoms with van der Waals surface area (Å²) in [6.07, 6.45) is 9.52. The highest BCUT2D eigenvalue weighted by Crippen LogP contribution is 2.19. The Labute approximate surface area is 240 Å². The largest absolute Gasteiger partial charge is 0.388 e. The van der Waals surface area contributed by atoms with Gasteiger partial charge >= 0.3 is 0 Å². The highest BCUT2D eigenvalue weighted by molar-refractivity contribution is 5.87. The van der Waals surface area contributed by atoms with Crippen LogP contribution in [0.1, 0.15) is 95.0 Å². The minimum Gasteiger partial charge on any atom is -0.388 e. The van der Waals surface area contributed by atoms with E-state index in [4.69, 9.17) is 5.41 Å². The minimum absolute atomic E-state index is 0.931. The lowest BCUT2D eigenvalue weighted by Crippen LogP contribution is -2.35. The van der Waals surface area contributed by atoms with Gasteiger partial charge in [0.2, 0.25) is 0 Å². The summed E-state index contributed by atoms with van der Waals surface area (Å²) >= 11 is 0. The van der Waals surface area contributed by atoms with E-state index < -0.39 is 0 Å². The molecule has 1 aromatic heterocycles. The minimum atomic E-state index is 0.931. The van der Waals surface area contributed by atoms with Crippen molar-refractivity contribution in [1.29, 1.82) is 5.41 Å². The molecule has 0 saturated carbocycles. The number of fused-ring (bicyclic) bond motifs is 1. The average molecular weight is 535 g/mol. The first kappa shape index (κ1) is 36.1. The van der Waals surface area contributed by atoms with E-state index in [1.165, 1.54) is 71.9 Å². The Hall–Kier alpha value is -2.85. The Morgan fingerprint density at radius 1 is 0.923 bits per heavy atom. The van der Waals surface area contributed by atoms with E-state index >= 15 is 0 Å². The van der Waals surface area contributed by atoms with E-state index in [1.807, 2.05) is 72.0 Å². The fourth-order valence-electron chi connectivity index (χ4n) is 4.70. The molecule has 0 radical (unpaired) electrons. The summed E-state index contributed by atoms with van der Waals surface area (Å²) in [5.41, 5.74) is 8.88. The summed E-state index contributed by atoms with van der Waals surface area (Å²) in [6, 6.07) is 12.5. The van der Waals surface area contributed by atoms with Crippen molar-refractivity contribution >= 4 is 17.1 Å². The van der Waals surface area contributed by atoms with Gasteiger partial charge in [-0.15, -0.1) is 0 Å². The first-order chi connectivity index (χ1) is 19.0. The van der Waals surface area contributed by atoms with Gasteiger partial charge in [0.05, 0.1) is 0 Å². The number of rotatable bonds is 8. The van der Waals surface area contributed by atoms with Crippen molar-refractivity contribution in [3.63, 3.8) is 0 Å². The van der Waals surface area contributed by atoms with Crippen molar-refractivity contribution in [3.05, 3.63) is 82.7 Å². The van der Waals surface area contributed by atoms with Crippen LogP contribution in [-0.2, 0) is 6.42 Å². The van der Waals surface area contributed by atoms with Crippen molar-refractivity contribution in [3.8, 4) is 0 Å². The van der Waals surface area contributed by atoms with Crippen molar-refractivity contribution in [2.75, 3.05) is 26.2 Å². The van der Waals surface area contributed by atoms with Gasteiger partial charge in [0.15, 0.2) is 0 Å². The zero-order valence-corrected chi connectivity index (χ0v) is 26.6. The number of benzene rings is 2. The lowest BCUT2D eigenvalue weighted by molar-refractivity contribution is 0.231. The number of hydrogen-bond donors (Lipinski definition) is 3. The highest BCUT2D eigenvalue weighted by Gasteiger charge is 2.09. The molecule has 0 atom stereocenters. The predicted octanol–water partition coefficient (Wildman–Crippen LogP) is 9.38. The maximum Gasteiger partial charge on any atom is 0.0460 e. The molecule has 0 amide bonds. The van der Waals surface area contributed by atoms with Crippen molar-refractivity contribution in [2.45, 2.75) is 94.4 Å². The fraction of sp³-hybridized carbons (Fsp3) is 0.514. The van der Waals surface area contributed by atoms with Gasteiger partial charge < -0.3 is 20.6 Å². The summed E-state index contributed by atoms with van der Waals surface area (Å²) in [7, 11) is 0. The third-order valence-corrected chi connectivity index (χ3v) is 6.51. The third-order valence-electron chi connectivity index (χ3n) is 6.51. The Bertz CT molecular complexity index is 1030. The molecule has 0 aliphatic carbocycles. The zero-order chi connectivity index (χ0) is 29.6. The molecular weight excluding hydrogens is 476 g/mol. The molecule has 218 valence electrons. The number of aromatic amines is 1. The molecule has 0 spiro atoms. The second-order valence-corrected chi connectivity index (χ2v) is 9.28. The van der Waals surface area contributed by atoms with E-state index in [9.17, 15) is 0 Å². The normalized spacial score (nSPS) is 12.2. The number of hydrogen-bond acceptors (Lipinski definition) is 3. The standard InChI is InChI=1S/C20H32N2.C9H8N2.3C2H6/c1-16-14-17(2)20(18(3)15-16)9-8-19(4)21-10-13-22-11-6-5-7-12-22;10-6-7-1-2-8-3-4-11-9(8)5-7;3*1-2/h14-15,21H,4-13H2,1-3H3;1-6,10-11H;3*1-2H3. The van der Waals surface area contributed by atoms with E-state index in [-0.39, 0.29) is 0 Å². The van der Waals surface area contributed by atoms with Gasteiger partial charge in [-0.1, -0.05) is 84.4 Å². The number of nitrogens with one attached hydrogen (secondary N) is 3. The molecule has 0 unspecified atom stereocenters. The van der Waals surface area contributed by atoms with Gasteiger partial charge in [0.1, 0.15) is 0 Å². The number of nitrogens with zero attached hydrogens (tertiary/aromatic N) is 1. The Kier molecular flexibility index (Phi) is 20.4. The van der Waals surface area contributed by atoms with Gasteiger partial charge in [0.25, 0.3) is 0 Å². The second kappa shape index (κ2) is 22.0. The fourth-order valence-corrected chi connectivity index (χ4v) is 4.70. The average Bonchev–Trinajstić information content (AvgIpc) is 3.45. The number of H-pyrrole nitrogens is 1. The predicted molar refractivity (Wildman–Crippen MR) is 177 cm³/mol. The van der Waals surface area contributed by atoms with Gasteiger partial charge in [0, 0.05) is 36.7 Å². The molecule has 4 heteroatoms. The molecule has 3 aromatic rings. The van der Waals surface area contributed by atoms with E-state index in [1.54, 1.807) is 0 Å². The van der Waals surface area contributed by atoms with Crippen LogP contribution in [0.5, 0.6) is 0 Å². The highest BCUT2D eigenvalue weighted by atomic mass is 15.1. The molecule has 1 saturated heterocycles. The topological polar surface area (TPSA) is 54.9 Å². The molecule has 1 fully saturated rings. The van der Waals surface area contributed by atoms with Crippen LogP contribution in [0.15, 0.2) is 54.9 Å². The zero-order valence-electron chi connectivity index (χ0n) is 26.6. The summed E-state index contributed by atoms with van der Waals surface area (Å²) < 4.78 is 0. The van der Waals surface area contributed by atoms with Crippen molar-refractivity contribution in [2.24, 2.45) is 0 Å².